The molecule has 3 rings (SSSR count). The van der Waals surface area contributed by atoms with Crippen molar-refractivity contribution in [2.24, 2.45) is 0 Å². The maximum atomic E-state index is 10.9. The van der Waals surface area contributed by atoms with Crippen molar-refractivity contribution >= 4 is 22.8 Å². The number of pyridine rings is 1. The molecule has 0 radical (unpaired) electrons. The highest BCUT2D eigenvalue weighted by molar-refractivity contribution is 7.09. The van der Waals surface area contributed by atoms with Gasteiger partial charge in [-0.15, -0.1) is 11.3 Å². The first-order valence-corrected chi connectivity index (χ1v) is 8.90. The van der Waals surface area contributed by atoms with Crippen LogP contribution in [0.2, 0.25) is 0 Å². The number of rotatable bonds is 4. The van der Waals surface area contributed by atoms with Crippen LogP contribution in [0.25, 0.3) is 0 Å². The molecule has 1 fully saturated rings. The molecule has 1 aliphatic rings. The summed E-state index contributed by atoms with van der Waals surface area (Å²) in [5.41, 5.74) is 1.87. The van der Waals surface area contributed by atoms with E-state index < -0.39 is 0 Å². The molecule has 0 aliphatic carbocycles. The number of hydrogen-bond acceptors (Lipinski definition) is 7. The number of thiazole rings is 1. The zero-order valence-electron chi connectivity index (χ0n) is 13.9. The van der Waals surface area contributed by atoms with Crippen LogP contribution in [0.5, 0.6) is 0 Å². The van der Waals surface area contributed by atoms with E-state index in [2.05, 4.69) is 25.1 Å². The third-order valence-electron chi connectivity index (χ3n) is 4.23. The van der Waals surface area contributed by atoms with E-state index in [-0.39, 0.29) is 10.6 Å². The largest absolute Gasteiger partial charge is 0.355 e. The molecule has 0 bridgehead atoms. The zero-order chi connectivity index (χ0) is 17.1. The van der Waals surface area contributed by atoms with E-state index in [1.165, 1.54) is 6.20 Å². The van der Waals surface area contributed by atoms with E-state index in [0.717, 1.165) is 55.7 Å². The van der Waals surface area contributed by atoms with Gasteiger partial charge in [-0.05, 0) is 26.3 Å². The van der Waals surface area contributed by atoms with Crippen molar-refractivity contribution in [2.75, 3.05) is 31.1 Å². The van der Waals surface area contributed by atoms with Gasteiger partial charge >= 0.3 is 0 Å². The van der Waals surface area contributed by atoms with Crippen LogP contribution >= 0.6 is 11.3 Å². The van der Waals surface area contributed by atoms with Crippen LogP contribution in [-0.4, -0.2) is 46.0 Å². The average Bonchev–Trinajstić information content (AvgIpc) is 2.80. The summed E-state index contributed by atoms with van der Waals surface area (Å²) in [7, 11) is 0. The first kappa shape index (κ1) is 16.8. The van der Waals surface area contributed by atoms with Crippen molar-refractivity contribution in [3.05, 3.63) is 44.0 Å². The Morgan fingerprint density at radius 3 is 2.79 bits per heavy atom. The van der Waals surface area contributed by atoms with Gasteiger partial charge in [-0.3, -0.25) is 15.0 Å². The van der Waals surface area contributed by atoms with Crippen molar-refractivity contribution < 1.29 is 4.92 Å². The molecule has 0 spiro atoms. The molecule has 0 aromatic carbocycles. The fourth-order valence-electron chi connectivity index (χ4n) is 2.97. The van der Waals surface area contributed by atoms with Crippen molar-refractivity contribution in [3.8, 4) is 0 Å². The Hall–Kier alpha value is -2.06. The molecule has 1 saturated heterocycles. The van der Waals surface area contributed by atoms with Crippen LogP contribution in [0.3, 0.4) is 0 Å². The van der Waals surface area contributed by atoms with Gasteiger partial charge in [0.05, 0.1) is 15.6 Å². The number of aryl methyl sites for hydroxylation is 2. The topological polar surface area (TPSA) is 75.4 Å². The van der Waals surface area contributed by atoms with Crippen LogP contribution in [0, 0.1) is 24.0 Å². The van der Waals surface area contributed by atoms with Crippen molar-refractivity contribution in [3.63, 3.8) is 0 Å². The Morgan fingerprint density at radius 2 is 2.12 bits per heavy atom. The monoisotopic (exact) mass is 347 g/mol. The van der Waals surface area contributed by atoms with Gasteiger partial charge in [0.25, 0.3) is 5.69 Å². The van der Waals surface area contributed by atoms with Gasteiger partial charge < -0.3 is 4.90 Å². The van der Waals surface area contributed by atoms with E-state index >= 15 is 0 Å². The number of nitro groups is 1. The summed E-state index contributed by atoms with van der Waals surface area (Å²) in [6.07, 6.45) is 2.41. The van der Waals surface area contributed by atoms with Crippen LogP contribution in [0.15, 0.2) is 17.6 Å². The number of aromatic nitrogens is 2. The molecule has 1 aliphatic heterocycles. The van der Waals surface area contributed by atoms with Gasteiger partial charge in [0, 0.05) is 43.7 Å². The lowest BCUT2D eigenvalue weighted by atomic mass is 10.2. The Morgan fingerprint density at radius 1 is 1.29 bits per heavy atom. The molecule has 0 saturated carbocycles. The molecule has 7 nitrogen and oxygen atoms in total. The molecule has 0 N–H and O–H groups in total. The minimum absolute atomic E-state index is 0.0779. The van der Waals surface area contributed by atoms with Crippen LogP contribution < -0.4 is 4.90 Å². The lowest BCUT2D eigenvalue weighted by Crippen LogP contribution is -2.31. The molecular formula is C16H21N5O2S. The highest BCUT2D eigenvalue weighted by atomic mass is 32.1. The van der Waals surface area contributed by atoms with Gasteiger partial charge in [-0.1, -0.05) is 0 Å². The molecule has 2 aromatic rings. The van der Waals surface area contributed by atoms with Crippen LogP contribution in [-0.2, 0) is 6.54 Å². The third-order valence-corrected chi connectivity index (χ3v) is 5.05. The molecular weight excluding hydrogens is 326 g/mol. The summed E-state index contributed by atoms with van der Waals surface area (Å²) >= 11 is 1.69. The van der Waals surface area contributed by atoms with Crippen molar-refractivity contribution in [1.29, 1.82) is 0 Å². The summed E-state index contributed by atoms with van der Waals surface area (Å²) < 4.78 is 0. The van der Waals surface area contributed by atoms with Gasteiger partial charge in [0.1, 0.15) is 12.0 Å². The zero-order valence-corrected chi connectivity index (χ0v) is 14.8. The van der Waals surface area contributed by atoms with E-state index in [1.54, 1.807) is 18.3 Å². The minimum Gasteiger partial charge on any atom is -0.355 e. The molecule has 0 atom stereocenters. The molecule has 2 aromatic heterocycles. The SMILES string of the molecule is Cc1nc(CN2CCCN(c3cc(C)c([N+](=O)[O-])cn3)CC2)cs1. The van der Waals surface area contributed by atoms with Gasteiger partial charge in [0.15, 0.2) is 0 Å². The first-order valence-electron chi connectivity index (χ1n) is 8.02. The van der Waals surface area contributed by atoms with Gasteiger partial charge in [-0.25, -0.2) is 9.97 Å². The van der Waals surface area contributed by atoms with E-state index in [1.807, 2.05) is 13.0 Å². The summed E-state index contributed by atoms with van der Waals surface area (Å²) in [6, 6.07) is 1.82. The Balaban J connectivity index is 1.65. The minimum atomic E-state index is -0.383. The second-order valence-corrected chi connectivity index (χ2v) is 7.12. The summed E-state index contributed by atoms with van der Waals surface area (Å²) in [6.45, 7) is 8.42. The normalized spacial score (nSPS) is 16.2. The van der Waals surface area contributed by atoms with E-state index in [9.17, 15) is 10.1 Å². The molecule has 128 valence electrons. The molecule has 24 heavy (non-hydrogen) atoms. The molecule has 0 unspecified atom stereocenters. The number of anilines is 1. The Bertz CT molecular complexity index is 733. The highest BCUT2D eigenvalue weighted by Gasteiger charge is 2.19. The van der Waals surface area contributed by atoms with E-state index in [4.69, 9.17) is 0 Å². The quantitative estimate of drug-likeness (QED) is 0.625. The van der Waals surface area contributed by atoms with Crippen LogP contribution in [0.1, 0.15) is 22.7 Å². The van der Waals surface area contributed by atoms with E-state index in [0.29, 0.717) is 5.56 Å². The smallest absolute Gasteiger partial charge is 0.290 e. The summed E-state index contributed by atoms with van der Waals surface area (Å²) in [5, 5.41) is 14.2. The van der Waals surface area contributed by atoms with Gasteiger partial charge in [-0.2, -0.15) is 0 Å². The lowest BCUT2D eigenvalue weighted by molar-refractivity contribution is -0.385. The average molecular weight is 347 g/mol. The molecule has 8 heteroatoms. The fraction of sp³-hybridized carbons (Fsp3) is 0.500. The van der Waals surface area contributed by atoms with Crippen molar-refractivity contribution in [2.45, 2.75) is 26.8 Å². The molecule has 0 amide bonds. The lowest BCUT2D eigenvalue weighted by Gasteiger charge is -2.22. The fourth-order valence-corrected chi connectivity index (χ4v) is 3.57. The number of nitrogens with zero attached hydrogens (tertiary/aromatic N) is 5. The summed E-state index contributed by atoms with van der Waals surface area (Å²) in [4.78, 5) is 24.0. The maximum absolute atomic E-state index is 10.9. The Kier molecular flexibility index (Phi) is 5.06. The third kappa shape index (κ3) is 3.88. The second-order valence-electron chi connectivity index (χ2n) is 6.06. The standard InChI is InChI=1S/C16H21N5O2S/c1-12-8-16(17-9-15(12)21(22)23)20-5-3-4-19(6-7-20)10-14-11-24-13(2)18-14/h8-9,11H,3-7,10H2,1-2H3. The predicted molar refractivity (Wildman–Crippen MR) is 94.6 cm³/mol. The van der Waals surface area contributed by atoms with Gasteiger partial charge in [0.2, 0.25) is 0 Å². The van der Waals surface area contributed by atoms with Crippen LogP contribution in [0.4, 0.5) is 11.5 Å². The predicted octanol–water partition coefficient (Wildman–Crippen LogP) is 2.78. The summed E-state index contributed by atoms with van der Waals surface area (Å²) in [5.74, 6) is 0.824. The maximum Gasteiger partial charge on any atom is 0.290 e. The highest BCUT2D eigenvalue weighted by Crippen LogP contribution is 2.22. The molecule has 3 heterocycles. The Labute approximate surface area is 145 Å². The first-order chi connectivity index (χ1) is 11.5. The van der Waals surface area contributed by atoms with Crippen molar-refractivity contribution in [1.82, 2.24) is 14.9 Å². The second kappa shape index (κ2) is 7.23. The number of hydrogen-bond donors (Lipinski definition) is 0.